The third kappa shape index (κ3) is 3.01. The van der Waals surface area contributed by atoms with Crippen molar-refractivity contribution < 1.29 is 9.84 Å². The summed E-state index contributed by atoms with van der Waals surface area (Å²) in [7, 11) is 0. The highest BCUT2D eigenvalue weighted by atomic mass is 32.2. The molecule has 0 saturated heterocycles. The minimum Gasteiger partial charge on any atom is -0.390 e. The van der Waals surface area contributed by atoms with E-state index in [1.54, 1.807) is 11.8 Å². The van der Waals surface area contributed by atoms with E-state index in [0.717, 1.165) is 19.3 Å². The number of thioether (sulfide) groups is 1. The van der Waals surface area contributed by atoms with E-state index >= 15 is 0 Å². The molecule has 0 aromatic rings. The summed E-state index contributed by atoms with van der Waals surface area (Å²) in [6.07, 6.45) is 6.21. The number of rotatable bonds is 3. The van der Waals surface area contributed by atoms with Gasteiger partial charge in [0.05, 0.1) is 18.1 Å². The van der Waals surface area contributed by atoms with Gasteiger partial charge in [0.15, 0.2) is 0 Å². The summed E-state index contributed by atoms with van der Waals surface area (Å²) in [6.45, 7) is 0. The number of aliphatic hydroxyl groups is 1. The van der Waals surface area contributed by atoms with Crippen molar-refractivity contribution in [2.45, 2.75) is 37.9 Å². The molecule has 66 valence electrons. The van der Waals surface area contributed by atoms with Crippen LogP contribution in [0.3, 0.4) is 0 Å². The molecule has 1 aliphatic rings. The summed E-state index contributed by atoms with van der Waals surface area (Å²) in [5, 5.41) is 9.46. The second kappa shape index (κ2) is 5.01. The fraction of sp³-hybridized carbons (Fsp3) is 1.00. The van der Waals surface area contributed by atoms with E-state index in [2.05, 4.69) is 0 Å². The number of hydrogen-bond donors (Lipinski definition) is 1. The molecule has 1 aliphatic carbocycles. The van der Waals surface area contributed by atoms with Crippen LogP contribution in [0.1, 0.15) is 25.7 Å². The molecule has 1 rings (SSSR count). The third-order valence-electron chi connectivity index (χ3n) is 2.07. The predicted octanol–water partition coefficient (Wildman–Crippen LogP) is 1.63. The lowest BCUT2D eigenvalue weighted by Crippen LogP contribution is -2.32. The van der Waals surface area contributed by atoms with Crippen molar-refractivity contribution in [2.24, 2.45) is 0 Å². The molecule has 3 heteroatoms. The average molecular weight is 176 g/mol. The second-order valence-electron chi connectivity index (χ2n) is 2.96. The molecule has 0 heterocycles. The first kappa shape index (κ1) is 9.36. The maximum atomic E-state index is 9.46. The normalized spacial score (nSPS) is 32.2. The van der Waals surface area contributed by atoms with Gasteiger partial charge in [-0.3, -0.25) is 0 Å². The number of hydrogen-bond acceptors (Lipinski definition) is 3. The van der Waals surface area contributed by atoms with Gasteiger partial charge in [-0.2, -0.15) is 0 Å². The molecular weight excluding hydrogens is 160 g/mol. The van der Waals surface area contributed by atoms with Gasteiger partial charge in [0.1, 0.15) is 0 Å². The summed E-state index contributed by atoms with van der Waals surface area (Å²) >= 11 is 1.66. The Morgan fingerprint density at radius 2 is 2.18 bits per heavy atom. The quantitative estimate of drug-likeness (QED) is 0.663. The van der Waals surface area contributed by atoms with Crippen LogP contribution < -0.4 is 0 Å². The number of aliphatic hydroxyl groups excluding tert-OH is 1. The SMILES string of the molecule is CSCOC1CCCCC1O. The standard InChI is InChI=1S/C8H16O2S/c1-11-6-10-8-5-3-2-4-7(8)9/h7-9H,2-6H2,1H3. The van der Waals surface area contributed by atoms with Crippen molar-refractivity contribution in [1.29, 1.82) is 0 Å². The molecule has 0 amide bonds. The molecule has 2 atom stereocenters. The Bertz CT molecular complexity index is 108. The van der Waals surface area contributed by atoms with E-state index in [-0.39, 0.29) is 12.2 Å². The average Bonchev–Trinajstić information content (AvgIpc) is 2.03. The van der Waals surface area contributed by atoms with Crippen LogP contribution >= 0.6 is 11.8 Å². The van der Waals surface area contributed by atoms with Gasteiger partial charge in [0, 0.05) is 0 Å². The van der Waals surface area contributed by atoms with E-state index in [4.69, 9.17) is 4.74 Å². The Hall–Kier alpha value is 0.270. The van der Waals surface area contributed by atoms with Crippen molar-refractivity contribution >= 4 is 11.8 Å². The zero-order valence-corrected chi connectivity index (χ0v) is 7.77. The molecule has 1 N–H and O–H groups in total. The van der Waals surface area contributed by atoms with Crippen LogP contribution in [0.2, 0.25) is 0 Å². The topological polar surface area (TPSA) is 29.5 Å². The van der Waals surface area contributed by atoms with Gasteiger partial charge in [0.2, 0.25) is 0 Å². The zero-order chi connectivity index (χ0) is 8.10. The van der Waals surface area contributed by atoms with Crippen LogP contribution in [-0.4, -0.2) is 29.5 Å². The Balaban J connectivity index is 2.18. The van der Waals surface area contributed by atoms with Crippen molar-refractivity contribution in [2.75, 3.05) is 12.2 Å². The van der Waals surface area contributed by atoms with Crippen molar-refractivity contribution in [3.05, 3.63) is 0 Å². The summed E-state index contributed by atoms with van der Waals surface area (Å²) in [5.74, 6) is 0.710. The highest BCUT2D eigenvalue weighted by Crippen LogP contribution is 2.21. The summed E-state index contributed by atoms with van der Waals surface area (Å²) < 4.78 is 5.46. The number of ether oxygens (including phenoxy) is 1. The molecule has 1 saturated carbocycles. The molecular formula is C8H16O2S. The molecule has 2 unspecified atom stereocenters. The Kier molecular flexibility index (Phi) is 4.26. The van der Waals surface area contributed by atoms with Gasteiger partial charge in [0.25, 0.3) is 0 Å². The molecule has 0 spiro atoms. The predicted molar refractivity (Wildman–Crippen MR) is 47.7 cm³/mol. The molecule has 11 heavy (non-hydrogen) atoms. The molecule has 2 nitrogen and oxygen atoms in total. The minimum atomic E-state index is -0.212. The molecule has 0 aromatic carbocycles. The van der Waals surface area contributed by atoms with Gasteiger partial charge < -0.3 is 9.84 Å². The van der Waals surface area contributed by atoms with Crippen LogP contribution in [0, 0.1) is 0 Å². The fourth-order valence-corrected chi connectivity index (χ4v) is 1.74. The Labute approximate surface area is 72.3 Å². The third-order valence-corrected chi connectivity index (χ3v) is 2.44. The second-order valence-corrected chi connectivity index (χ2v) is 3.78. The van der Waals surface area contributed by atoms with Crippen molar-refractivity contribution in [3.8, 4) is 0 Å². The first-order valence-corrected chi connectivity index (χ1v) is 5.52. The fourth-order valence-electron chi connectivity index (χ4n) is 1.43. The van der Waals surface area contributed by atoms with Gasteiger partial charge in [-0.05, 0) is 19.1 Å². The molecule has 0 aromatic heterocycles. The largest absolute Gasteiger partial charge is 0.390 e. The molecule has 1 fully saturated rings. The van der Waals surface area contributed by atoms with E-state index in [1.165, 1.54) is 6.42 Å². The highest BCUT2D eigenvalue weighted by molar-refractivity contribution is 7.98. The monoisotopic (exact) mass is 176 g/mol. The maximum Gasteiger partial charge on any atom is 0.0923 e. The summed E-state index contributed by atoms with van der Waals surface area (Å²) in [4.78, 5) is 0. The molecule has 0 radical (unpaired) electrons. The van der Waals surface area contributed by atoms with E-state index in [1.807, 2.05) is 6.26 Å². The van der Waals surface area contributed by atoms with Crippen LogP contribution in [-0.2, 0) is 4.74 Å². The smallest absolute Gasteiger partial charge is 0.0923 e. The van der Waals surface area contributed by atoms with Crippen LogP contribution in [0.15, 0.2) is 0 Å². The minimum absolute atomic E-state index is 0.108. The van der Waals surface area contributed by atoms with Gasteiger partial charge in [-0.15, -0.1) is 11.8 Å². The lowest BCUT2D eigenvalue weighted by atomic mass is 9.95. The van der Waals surface area contributed by atoms with Crippen LogP contribution in [0.4, 0.5) is 0 Å². The highest BCUT2D eigenvalue weighted by Gasteiger charge is 2.22. The Morgan fingerprint density at radius 3 is 2.82 bits per heavy atom. The Morgan fingerprint density at radius 1 is 1.45 bits per heavy atom. The van der Waals surface area contributed by atoms with Crippen LogP contribution in [0.5, 0.6) is 0 Å². The lowest BCUT2D eigenvalue weighted by molar-refractivity contribution is -0.0415. The molecule has 0 bridgehead atoms. The van der Waals surface area contributed by atoms with E-state index in [9.17, 15) is 5.11 Å². The first-order chi connectivity index (χ1) is 5.34. The molecule has 0 aliphatic heterocycles. The summed E-state index contributed by atoms with van der Waals surface area (Å²) in [5.41, 5.74) is 0. The first-order valence-electron chi connectivity index (χ1n) is 4.13. The van der Waals surface area contributed by atoms with E-state index < -0.39 is 0 Å². The van der Waals surface area contributed by atoms with Gasteiger partial charge in [-0.25, -0.2) is 0 Å². The van der Waals surface area contributed by atoms with Crippen molar-refractivity contribution in [3.63, 3.8) is 0 Å². The summed E-state index contributed by atoms with van der Waals surface area (Å²) in [6, 6.07) is 0. The lowest BCUT2D eigenvalue weighted by Gasteiger charge is -2.27. The van der Waals surface area contributed by atoms with Gasteiger partial charge in [-0.1, -0.05) is 12.8 Å². The van der Waals surface area contributed by atoms with Crippen LogP contribution in [0.25, 0.3) is 0 Å². The maximum absolute atomic E-state index is 9.46. The zero-order valence-electron chi connectivity index (χ0n) is 6.95. The van der Waals surface area contributed by atoms with E-state index in [0.29, 0.717) is 5.94 Å². The van der Waals surface area contributed by atoms with Gasteiger partial charge >= 0.3 is 0 Å². The van der Waals surface area contributed by atoms with Crippen molar-refractivity contribution in [1.82, 2.24) is 0 Å².